The van der Waals surface area contributed by atoms with E-state index in [0.29, 0.717) is 6.04 Å². The number of hydrogen-bond donors (Lipinski definition) is 1. The van der Waals surface area contributed by atoms with Gasteiger partial charge in [-0.1, -0.05) is 9.59 Å². The maximum atomic E-state index is 3.83. The Hall–Kier alpha value is -0.750. The predicted molar refractivity (Wildman–Crippen MR) is 47.2 cm³/mol. The van der Waals surface area contributed by atoms with Crippen LogP contribution < -0.4 is 5.32 Å². The first-order valence-corrected chi connectivity index (χ1v) is 4.72. The lowest BCUT2D eigenvalue weighted by Crippen LogP contribution is -2.23. The van der Waals surface area contributed by atoms with E-state index < -0.39 is 0 Å². The summed E-state index contributed by atoms with van der Waals surface area (Å²) >= 11 is 1.31. The summed E-state index contributed by atoms with van der Waals surface area (Å²) in [6.45, 7) is 2.24. The quantitative estimate of drug-likeness (QED) is 0.705. The molecule has 1 aromatic rings. The maximum absolute atomic E-state index is 3.83. The van der Waals surface area contributed by atoms with Crippen molar-refractivity contribution in [3.8, 4) is 0 Å². The van der Waals surface area contributed by atoms with Crippen molar-refractivity contribution in [1.82, 2.24) is 19.7 Å². The number of likely N-dealkylation sites (tertiary alicyclic amines) is 1. The highest BCUT2D eigenvalue weighted by molar-refractivity contribution is 7.09. The highest BCUT2D eigenvalue weighted by Gasteiger charge is 2.19. The van der Waals surface area contributed by atoms with Crippen LogP contribution in [0.4, 0.5) is 5.13 Å². The summed E-state index contributed by atoms with van der Waals surface area (Å²) in [5.74, 6) is 0. The standard InChI is InChI=1S/C6H11N5S/c1-11-3-2-5(4-11)7-6-8-9-10-12-6/h5H,2-4H2,1H3,(H,7,8,10). The molecule has 6 heteroatoms. The molecule has 2 rings (SSSR count). The Morgan fingerprint density at radius 3 is 3.17 bits per heavy atom. The van der Waals surface area contributed by atoms with E-state index >= 15 is 0 Å². The van der Waals surface area contributed by atoms with Gasteiger partial charge in [-0.15, -0.1) is 0 Å². The largest absolute Gasteiger partial charge is 0.355 e. The van der Waals surface area contributed by atoms with Crippen LogP contribution in [0.3, 0.4) is 0 Å². The Morgan fingerprint density at radius 2 is 2.58 bits per heavy atom. The second-order valence-corrected chi connectivity index (χ2v) is 3.79. The van der Waals surface area contributed by atoms with Gasteiger partial charge in [0.25, 0.3) is 0 Å². The lowest BCUT2D eigenvalue weighted by Gasteiger charge is -2.09. The van der Waals surface area contributed by atoms with Gasteiger partial charge in [-0.05, 0) is 25.2 Å². The van der Waals surface area contributed by atoms with Gasteiger partial charge in [-0.3, -0.25) is 0 Å². The number of rotatable bonds is 2. The van der Waals surface area contributed by atoms with Crippen LogP contribution in [-0.2, 0) is 0 Å². The van der Waals surface area contributed by atoms with E-state index in [1.165, 1.54) is 18.0 Å². The van der Waals surface area contributed by atoms with E-state index in [2.05, 4.69) is 32.1 Å². The first kappa shape index (κ1) is 7.88. The summed E-state index contributed by atoms with van der Waals surface area (Å²) in [6, 6.07) is 0.518. The van der Waals surface area contributed by atoms with Gasteiger partial charge in [0.15, 0.2) is 0 Å². The molecule has 0 amide bonds. The van der Waals surface area contributed by atoms with Gasteiger partial charge in [0, 0.05) is 24.1 Å². The van der Waals surface area contributed by atoms with Crippen molar-refractivity contribution in [2.45, 2.75) is 12.5 Å². The summed E-state index contributed by atoms with van der Waals surface area (Å²) in [5.41, 5.74) is 0. The van der Waals surface area contributed by atoms with Crippen molar-refractivity contribution < 1.29 is 0 Å². The van der Waals surface area contributed by atoms with Crippen LogP contribution in [0.15, 0.2) is 0 Å². The Balaban J connectivity index is 1.88. The summed E-state index contributed by atoms with van der Waals surface area (Å²) in [4.78, 5) is 2.30. The molecule has 1 atom stereocenters. The van der Waals surface area contributed by atoms with Gasteiger partial charge in [0.2, 0.25) is 5.13 Å². The van der Waals surface area contributed by atoms with E-state index in [9.17, 15) is 0 Å². The molecular formula is C6H11N5S. The minimum atomic E-state index is 0.518. The minimum absolute atomic E-state index is 0.518. The summed E-state index contributed by atoms with van der Waals surface area (Å²) in [5, 5.41) is 11.5. The molecule has 1 fully saturated rings. The molecule has 1 saturated heterocycles. The number of aromatic nitrogens is 3. The Labute approximate surface area is 74.9 Å². The third-order valence-electron chi connectivity index (χ3n) is 2.02. The van der Waals surface area contributed by atoms with E-state index in [0.717, 1.165) is 18.2 Å². The molecule has 2 heterocycles. The van der Waals surface area contributed by atoms with Crippen LogP contribution in [-0.4, -0.2) is 45.9 Å². The van der Waals surface area contributed by atoms with E-state index in [1.54, 1.807) is 0 Å². The monoisotopic (exact) mass is 185 g/mol. The summed E-state index contributed by atoms with van der Waals surface area (Å²) in [6.07, 6.45) is 1.18. The second-order valence-electron chi connectivity index (χ2n) is 3.06. The molecular weight excluding hydrogens is 174 g/mol. The van der Waals surface area contributed by atoms with Gasteiger partial charge in [-0.2, -0.15) is 0 Å². The number of nitrogens with one attached hydrogen (secondary N) is 1. The maximum Gasteiger partial charge on any atom is 0.225 e. The lowest BCUT2D eigenvalue weighted by molar-refractivity contribution is 0.414. The van der Waals surface area contributed by atoms with Crippen molar-refractivity contribution in [3.05, 3.63) is 0 Å². The fourth-order valence-corrected chi connectivity index (χ4v) is 1.86. The molecule has 66 valence electrons. The molecule has 1 N–H and O–H groups in total. The second kappa shape index (κ2) is 3.32. The number of likely N-dealkylation sites (N-methyl/N-ethyl adjacent to an activating group) is 1. The Kier molecular flexibility index (Phi) is 2.18. The molecule has 0 aromatic carbocycles. The third kappa shape index (κ3) is 1.70. The molecule has 0 radical (unpaired) electrons. The smallest absolute Gasteiger partial charge is 0.225 e. The number of hydrogen-bond acceptors (Lipinski definition) is 6. The van der Waals surface area contributed by atoms with Crippen molar-refractivity contribution in [1.29, 1.82) is 0 Å². The van der Waals surface area contributed by atoms with Gasteiger partial charge in [-0.25, -0.2) is 0 Å². The SMILES string of the molecule is CN1CCC(Nc2nnns2)C1. The fourth-order valence-electron chi connectivity index (χ4n) is 1.42. The van der Waals surface area contributed by atoms with Crippen LogP contribution in [0.25, 0.3) is 0 Å². The van der Waals surface area contributed by atoms with Gasteiger partial charge < -0.3 is 10.2 Å². The summed E-state index contributed by atoms with van der Waals surface area (Å²) < 4.78 is 3.69. The fraction of sp³-hybridized carbons (Fsp3) is 0.833. The molecule has 5 nitrogen and oxygen atoms in total. The first-order chi connectivity index (χ1) is 5.84. The Bertz CT molecular complexity index is 236. The average molecular weight is 185 g/mol. The van der Waals surface area contributed by atoms with Gasteiger partial charge in [0.05, 0.1) is 0 Å². The molecule has 1 aromatic heterocycles. The highest BCUT2D eigenvalue weighted by Crippen LogP contribution is 2.13. The molecule has 1 aliphatic heterocycles. The van der Waals surface area contributed by atoms with Crippen molar-refractivity contribution >= 4 is 16.7 Å². The van der Waals surface area contributed by atoms with Crippen LogP contribution >= 0.6 is 11.5 Å². The Morgan fingerprint density at radius 1 is 1.67 bits per heavy atom. The zero-order valence-corrected chi connectivity index (χ0v) is 7.71. The van der Waals surface area contributed by atoms with Crippen molar-refractivity contribution in [2.75, 3.05) is 25.5 Å². The average Bonchev–Trinajstić information content (AvgIpc) is 2.63. The van der Waals surface area contributed by atoms with Crippen LogP contribution in [0.2, 0.25) is 0 Å². The molecule has 0 spiro atoms. The van der Waals surface area contributed by atoms with Gasteiger partial charge in [0.1, 0.15) is 0 Å². The zero-order valence-electron chi connectivity index (χ0n) is 6.90. The topological polar surface area (TPSA) is 53.9 Å². The molecule has 0 aliphatic carbocycles. The van der Waals surface area contributed by atoms with E-state index in [1.807, 2.05) is 0 Å². The molecule has 12 heavy (non-hydrogen) atoms. The number of anilines is 1. The van der Waals surface area contributed by atoms with E-state index in [4.69, 9.17) is 0 Å². The third-order valence-corrected chi connectivity index (χ3v) is 2.55. The van der Waals surface area contributed by atoms with Crippen LogP contribution in [0.1, 0.15) is 6.42 Å². The van der Waals surface area contributed by atoms with Gasteiger partial charge >= 0.3 is 0 Å². The predicted octanol–water partition coefficient (Wildman–Crippen LogP) is 0.0491. The molecule has 0 saturated carbocycles. The van der Waals surface area contributed by atoms with Crippen molar-refractivity contribution in [3.63, 3.8) is 0 Å². The molecule has 0 bridgehead atoms. The minimum Gasteiger partial charge on any atom is -0.355 e. The lowest BCUT2D eigenvalue weighted by atomic mass is 10.3. The molecule has 1 aliphatic rings. The summed E-state index contributed by atoms with van der Waals surface area (Å²) in [7, 11) is 2.13. The van der Waals surface area contributed by atoms with Crippen molar-refractivity contribution in [2.24, 2.45) is 0 Å². The first-order valence-electron chi connectivity index (χ1n) is 3.95. The molecule has 1 unspecified atom stereocenters. The van der Waals surface area contributed by atoms with Crippen LogP contribution in [0.5, 0.6) is 0 Å². The highest BCUT2D eigenvalue weighted by atomic mass is 32.1. The normalized spacial score (nSPS) is 24.6. The van der Waals surface area contributed by atoms with Crippen LogP contribution in [0, 0.1) is 0 Å². The number of nitrogens with zero attached hydrogens (tertiary/aromatic N) is 4. The van der Waals surface area contributed by atoms with E-state index in [-0.39, 0.29) is 0 Å². The zero-order chi connectivity index (χ0) is 8.39.